The maximum Gasteiger partial charge on any atom is 0.412 e. The molecule has 0 saturated carbocycles. The van der Waals surface area contributed by atoms with Crippen LogP contribution in [0, 0.1) is 0 Å². The van der Waals surface area contributed by atoms with Gasteiger partial charge in [0.15, 0.2) is 23.5 Å². The number of pyridine rings is 1. The van der Waals surface area contributed by atoms with Crippen LogP contribution in [0.1, 0.15) is 39.0 Å². The lowest BCUT2D eigenvalue weighted by molar-refractivity contribution is -0.191. The highest BCUT2D eigenvalue weighted by molar-refractivity contribution is 6.05. The van der Waals surface area contributed by atoms with Crippen molar-refractivity contribution in [2.24, 2.45) is 0 Å². The van der Waals surface area contributed by atoms with Gasteiger partial charge in [-0.3, -0.25) is 9.59 Å². The number of methoxy groups -OCH3 is 1. The summed E-state index contributed by atoms with van der Waals surface area (Å²) in [4.78, 5) is 52.8. The molecule has 2 unspecified atom stereocenters. The number of carbonyl (C=O) groups excluding carboxylic acids is 3. The number of hydrogen-bond acceptors (Lipinski definition) is 14. The van der Waals surface area contributed by atoms with Gasteiger partial charge in [-0.15, -0.1) is 0 Å². The van der Waals surface area contributed by atoms with Gasteiger partial charge in [0.25, 0.3) is 0 Å². The summed E-state index contributed by atoms with van der Waals surface area (Å²) < 4.78 is 32.7. The molecule has 0 bridgehead atoms. The van der Waals surface area contributed by atoms with Crippen molar-refractivity contribution in [2.75, 3.05) is 64.6 Å². The number of rotatable bonds is 18. The molecule has 0 aliphatic carbocycles. The molecule has 4 heterocycles. The molecule has 2 atom stereocenters. The van der Waals surface area contributed by atoms with Gasteiger partial charge in [-0.25, -0.2) is 19.7 Å². The zero-order chi connectivity index (χ0) is 36.0. The van der Waals surface area contributed by atoms with Gasteiger partial charge in [-0.2, -0.15) is 0 Å². The fourth-order valence-electron chi connectivity index (χ4n) is 5.27. The number of aliphatic hydroxyl groups is 1. The Morgan fingerprint density at radius 3 is 2.61 bits per heavy atom. The molecule has 4 aromatic rings. The normalized spacial score (nSPS) is 14.3. The number of carbonyl (C=O) groups is 3. The number of aromatic nitrogens is 3. The predicted octanol–water partition coefficient (Wildman–Crippen LogP) is 3.34. The van der Waals surface area contributed by atoms with Gasteiger partial charge in [-0.1, -0.05) is 12.1 Å². The van der Waals surface area contributed by atoms with Crippen molar-refractivity contribution in [2.45, 2.75) is 51.4 Å². The van der Waals surface area contributed by atoms with E-state index in [1.807, 2.05) is 18.2 Å². The number of hydrogen-bond donors (Lipinski definition) is 3. The molecule has 1 fully saturated rings. The predicted molar refractivity (Wildman–Crippen MR) is 185 cm³/mol. The SMILES string of the molecule is COC(COC(=O)CCCC(=O)NCCCCNC(=O)Oc1cccc(-c2nc(N3CCOCC3)c3oc4ncccc4c3n2)c1)OC(C)CO. The fourth-order valence-corrected chi connectivity index (χ4v) is 5.27. The average Bonchev–Trinajstić information content (AvgIpc) is 3.53. The quantitative estimate of drug-likeness (QED) is 0.0773. The molecule has 0 spiro atoms. The van der Waals surface area contributed by atoms with E-state index in [-0.39, 0.29) is 32.0 Å². The van der Waals surface area contributed by atoms with E-state index in [1.165, 1.54) is 7.11 Å². The molecular weight excluding hydrogens is 664 g/mol. The third kappa shape index (κ3) is 10.8. The van der Waals surface area contributed by atoms with Crippen LogP contribution in [0.3, 0.4) is 0 Å². The number of nitrogens with zero attached hydrogens (tertiary/aromatic N) is 4. The minimum atomic E-state index is -0.777. The third-order valence-electron chi connectivity index (χ3n) is 7.95. The molecule has 1 aliphatic heterocycles. The number of esters is 1. The number of anilines is 1. The van der Waals surface area contributed by atoms with E-state index < -0.39 is 24.5 Å². The zero-order valence-corrected chi connectivity index (χ0v) is 28.8. The molecule has 3 aromatic heterocycles. The largest absolute Gasteiger partial charge is 0.460 e. The minimum absolute atomic E-state index is 0.0748. The van der Waals surface area contributed by atoms with E-state index in [4.69, 9.17) is 43.2 Å². The van der Waals surface area contributed by atoms with Crippen molar-refractivity contribution in [3.8, 4) is 17.1 Å². The van der Waals surface area contributed by atoms with E-state index in [9.17, 15) is 14.4 Å². The highest BCUT2D eigenvalue weighted by atomic mass is 16.7. The van der Waals surface area contributed by atoms with Gasteiger partial charge in [0.05, 0.1) is 31.3 Å². The van der Waals surface area contributed by atoms with Crippen molar-refractivity contribution in [1.29, 1.82) is 0 Å². The van der Waals surface area contributed by atoms with Crippen LogP contribution in [-0.4, -0.2) is 110 Å². The summed E-state index contributed by atoms with van der Waals surface area (Å²) in [5, 5.41) is 15.4. The standard InChI is InChI=1S/C35H44N6O10/c1-23(21-42)49-29(46-2)22-48-28(44)12-6-11-27(43)36-13-3-4-14-38-35(45)50-25-9-5-8-24(20-25)32-39-30-26-10-7-15-37-34(26)51-31(30)33(40-32)41-16-18-47-19-17-41/h5,7-10,15,20,23,29,42H,3-4,6,11-14,16-19,21-22H2,1-2H3,(H,36,43)(H,38,45). The minimum Gasteiger partial charge on any atom is -0.460 e. The van der Waals surface area contributed by atoms with Crippen molar-refractivity contribution in [3.63, 3.8) is 0 Å². The van der Waals surface area contributed by atoms with Crippen LogP contribution in [0.4, 0.5) is 10.6 Å². The molecule has 3 N–H and O–H groups in total. The van der Waals surface area contributed by atoms with E-state index in [1.54, 1.807) is 31.3 Å². The molecule has 1 aliphatic rings. The van der Waals surface area contributed by atoms with Crippen LogP contribution in [-0.2, 0) is 28.5 Å². The lowest BCUT2D eigenvalue weighted by Crippen LogP contribution is -2.37. The second kappa shape index (κ2) is 18.9. The molecule has 51 heavy (non-hydrogen) atoms. The summed E-state index contributed by atoms with van der Waals surface area (Å²) in [5.74, 6) is 0.800. The first-order valence-corrected chi connectivity index (χ1v) is 17.0. The summed E-state index contributed by atoms with van der Waals surface area (Å²) in [7, 11) is 1.41. The number of fused-ring (bicyclic) bond motifs is 3. The van der Waals surface area contributed by atoms with E-state index in [2.05, 4.69) is 20.5 Å². The van der Waals surface area contributed by atoms with Gasteiger partial charge in [-0.05, 0) is 50.5 Å². The molecular formula is C35H44N6O10. The monoisotopic (exact) mass is 708 g/mol. The third-order valence-corrected chi connectivity index (χ3v) is 7.95. The van der Waals surface area contributed by atoms with Crippen LogP contribution < -0.4 is 20.3 Å². The van der Waals surface area contributed by atoms with E-state index >= 15 is 0 Å². The number of nitrogens with one attached hydrogen (secondary N) is 2. The Labute approximate surface area is 294 Å². The number of morpholine rings is 1. The van der Waals surface area contributed by atoms with Crippen LogP contribution in [0.5, 0.6) is 5.75 Å². The van der Waals surface area contributed by atoms with E-state index in [0.717, 1.165) is 5.39 Å². The first-order valence-electron chi connectivity index (χ1n) is 17.0. The topological polar surface area (TPSA) is 197 Å². The number of unbranched alkanes of at least 4 members (excludes halogenated alkanes) is 1. The first kappa shape index (κ1) is 37.4. The molecule has 274 valence electrons. The molecule has 16 heteroatoms. The number of benzene rings is 1. The molecule has 0 radical (unpaired) electrons. The van der Waals surface area contributed by atoms with Crippen molar-refractivity contribution >= 4 is 46.0 Å². The fraction of sp³-hybridized carbons (Fsp3) is 0.486. The van der Waals surface area contributed by atoms with Gasteiger partial charge in [0, 0.05) is 57.9 Å². The molecule has 16 nitrogen and oxygen atoms in total. The van der Waals surface area contributed by atoms with Crippen LogP contribution in [0.15, 0.2) is 47.0 Å². The Bertz CT molecular complexity index is 1760. The number of ether oxygens (including phenoxy) is 5. The number of aliphatic hydroxyl groups excluding tert-OH is 1. The maximum atomic E-state index is 12.5. The summed E-state index contributed by atoms with van der Waals surface area (Å²) in [6.45, 7) is 4.63. The summed E-state index contributed by atoms with van der Waals surface area (Å²) in [6.07, 6.45) is 1.67. The highest BCUT2D eigenvalue weighted by Crippen LogP contribution is 2.35. The maximum absolute atomic E-state index is 12.5. The Balaban J connectivity index is 1.03. The lowest BCUT2D eigenvalue weighted by Gasteiger charge is -2.27. The lowest BCUT2D eigenvalue weighted by atomic mass is 10.2. The van der Waals surface area contributed by atoms with E-state index in [0.29, 0.717) is 98.4 Å². The number of furan rings is 1. The smallest absolute Gasteiger partial charge is 0.412 e. The second-order valence-electron chi connectivity index (χ2n) is 11.8. The van der Waals surface area contributed by atoms with Crippen molar-refractivity contribution in [1.82, 2.24) is 25.6 Å². The first-order chi connectivity index (χ1) is 24.8. The number of amides is 2. The van der Waals surface area contributed by atoms with Crippen LogP contribution >= 0.6 is 0 Å². The Morgan fingerprint density at radius 1 is 1.02 bits per heavy atom. The zero-order valence-electron chi connectivity index (χ0n) is 28.8. The highest BCUT2D eigenvalue weighted by Gasteiger charge is 2.23. The second-order valence-corrected chi connectivity index (χ2v) is 11.8. The van der Waals surface area contributed by atoms with Gasteiger partial charge < -0.3 is 48.7 Å². The molecule has 2 amide bonds. The average molecular weight is 709 g/mol. The summed E-state index contributed by atoms with van der Waals surface area (Å²) in [5.41, 5.74) is 2.36. The molecule has 1 aromatic carbocycles. The van der Waals surface area contributed by atoms with Crippen molar-refractivity contribution in [3.05, 3.63) is 42.6 Å². The summed E-state index contributed by atoms with van der Waals surface area (Å²) >= 11 is 0. The Kier molecular flexibility index (Phi) is 13.9. The molecule has 1 saturated heterocycles. The Hall–Kier alpha value is -4.90. The molecule has 5 rings (SSSR count). The van der Waals surface area contributed by atoms with Crippen molar-refractivity contribution < 1.29 is 47.6 Å². The van der Waals surface area contributed by atoms with Gasteiger partial charge in [0.2, 0.25) is 11.6 Å². The Morgan fingerprint density at radius 2 is 1.82 bits per heavy atom. The van der Waals surface area contributed by atoms with Gasteiger partial charge >= 0.3 is 12.1 Å². The summed E-state index contributed by atoms with van der Waals surface area (Å²) in [6, 6.07) is 10.8. The van der Waals surface area contributed by atoms with Crippen LogP contribution in [0.25, 0.3) is 33.6 Å². The van der Waals surface area contributed by atoms with Gasteiger partial charge in [0.1, 0.15) is 17.9 Å². The van der Waals surface area contributed by atoms with Crippen LogP contribution in [0.2, 0.25) is 0 Å².